The quantitative estimate of drug-likeness (QED) is 0.257. The number of hydrogen-bond donors (Lipinski definition) is 0. The molecule has 25 heavy (non-hydrogen) atoms. The molecule has 3 nitrogen and oxygen atoms in total. The van der Waals surface area contributed by atoms with Gasteiger partial charge in [-0.1, -0.05) is 47.6 Å². The standard InChI is InChI=1S/C22H34O3/c1-7-16-25-22(24)21(20(6)23)15-14-19(5)13-9-12-18(4)11-8-10-17(2)3/h7,10,12,14,21H,1,8-9,11,13,15-16H2,2-6H3/b18-12+,19-14+. The summed E-state index contributed by atoms with van der Waals surface area (Å²) in [6.45, 7) is 13.5. The van der Waals surface area contributed by atoms with Crippen LogP contribution in [0.1, 0.15) is 66.7 Å². The minimum Gasteiger partial charge on any atom is -0.461 e. The van der Waals surface area contributed by atoms with Gasteiger partial charge >= 0.3 is 5.97 Å². The molecule has 0 fully saturated rings. The molecular formula is C22H34O3. The van der Waals surface area contributed by atoms with Gasteiger partial charge in [-0.3, -0.25) is 9.59 Å². The van der Waals surface area contributed by atoms with E-state index >= 15 is 0 Å². The van der Waals surface area contributed by atoms with E-state index in [1.54, 1.807) is 0 Å². The van der Waals surface area contributed by atoms with E-state index in [1.807, 2.05) is 13.0 Å². The van der Waals surface area contributed by atoms with E-state index in [4.69, 9.17) is 4.74 Å². The van der Waals surface area contributed by atoms with E-state index in [-0.39, 0.29) is 12.4 Å². The van der Waals surface area contributed by atoms with Crippen molar-refractivity contribution < 1.29 is 14.3 Å². The molecule has 0 aliphatic carbocycles. The lowest BCUT2D eigenvalue weighted by Crippen LogP contribution is -2.24. The predicted molar refractivity (Wildman–Crippen MR) is 105 cm³/mol. The summed E-state index contributed by atoms with van der Waals surface area (Å²) in [7, 11) is 0. The van der Waals surface area contributed by atoms with Gasteiger partial charge in [0, 0.05) is 0 Å². The van der Waals surface area contributed by atoms with Crippen LogP contribution in [-0.4, -0.2) is 18.4 Å². The molecule has 0 N–H and O–H groups in total. The van der Waals surface area contributed by atoms with Gasteiger partial charge in [0.25, 0.3) is 0 Å². The molecular weight excluding hydrogens is 312 g/mol. The van der Waals surface area contributed by atoms with Crippen molar-refractivity contribution in [2.75, 3.05) is 6.61 Å². The third-order valence-corrected chi connectivity index (χ3v) is 3.94. The molecule has 0 bridgehead atoms. The molecule has 140 valence electrons. The molecule has 0 rings (SSSR count). The Kier molecular flexibility index (Phi) is 12.4. The Balaban J connectivity index is 4.41. The van der Waals surface area contributed by atoms with Crippen LogP contribution in [-0.2, 0) is 14.3 Å². The Morgan fingerprint density at radius 1 is 0.920 bits per heavy atom. The summed E-state index contributed by atoms with van der Waals surface area (Å²) in [6, 6.07) is 0. The first kappa shape index (κ1) is 23.1. The van der Waals surface area contributed by atoms with E-state index in [0.29, 0.717) is 6.42 Å². The van der Waals surface area contributed by atoms with Crippen molar-refractivity contribution in [3.05, 3.63) is 47.6 Å². The summed E-state index contributed by atoms with van der Waals surface area (Å²) in [5, 5.41) is 0. The predicted octanol–water partition coefficient (Wildman–Crippen LogP) is 5.73. The number of esters is 1. The fourth-order valence-electron chi connectivity index (χ4n) is 2.33. The highest BCUT2D eigenvalue weighted by atomic mass is 16.5. The highest BCUT2D eigenvalue weighted by Crippen LogP contribution is 2.15. The van der Waals surface area contributed by atoms with Crippen LogP contribution >= 0.6 is 0 Å². The fraction of sp³-hybridized carbons (Fsp3) is 0.545. The van der Waals surface area contributed by atoms with E-state index < -0.39 is 11.9 Å². The Labute approximate surface area is 153 Å². The van der Waals surface area contributed by atoms with E-state index in [1.165, 1.54) is 29.7 Å². The molecule has 1 unspecified atom stereocenters. The van der Waals surface area contributed by atoms with Crippen molar-refractivity contribution in [1.29, 1.82) is 0 Å². The number of rotatable bonds is 12. The van der Waals surface area contributed by atoms with Crippen LogP contribution in [0.3, 0.4) is 0 Å². The topological polar surface area (TPSA) is 43.4 Å². The van der Waals surface area contributed by atoms with Gasteiger partial charge < -0.3 is 4.74 Å². The Bertz CT molecular complexity index is 531. The zero-order chi connectivity index (χ0) is 19.2. The Morgan fingerprint density at radius 2 is 1.48 bits per heavy atom. The van der Waals surface area contributed by atoms with Crippen molar-refractivity contribution in [3.63, 3.8) is 0 Å². The first-order valence-electron chi connectivity index (χ1n) is 9.00. The van der Waals surface area contributed by atoms with Crippen molar-refractivity contribution >= 4 is 11.8 Å². The number of carbonyl (C=O) groups excluding carboxylic acids is 2. The van der Waals surface area contributed by atoms with Crippen molar-refractivity contribution in [3.8, 4) is 0 Å². The van der Waals surface area contributed by atoms with Crippen molar-refractivity contribution in [1.82, 2.24) is 0 Å². The van der Waals surface area contributed by atoms with Gasteiger partial charge in [0.05, 0.1) is 0 Å². The summed E-state index contributed by atoms with van der Waals surface area (Å²) >= 11 is 0. The van der Waals surface area contributed by atoms with E-state index in [2.05, 4.69) is 39.5 Å². The van der Waals surface area contributed by atoms with E-state index in [0.717, 1.165) is 25.7 Å². The second kappa shape index (κ2) is 13.4. The number of Topliss-reactive ketones (excluding diaryl/α,β-unsaturated/α-hetero) is 1. The van der Waals surface area contributed by atoms with Crippen molar-refractivity contribution in [2.45, 2.75) is 66.7 Å². The van der Waals surface area contributed by atoms with Crippen LogP contribution in [0, 0.1) is 5.92 Å². The molecule has 0 spiro atoms. The summed E-state index contributed by atoms with van der Waals surface area (Å²) in [5.74, 6) is -1.34. The zero-order valence-corrected chi connectivity index (χ0v) is 16.6. The monoisotopic (exact) mass is 346 g/mol. The zero-order valence-electron chi connectivity index (χ0n) is 16.6. The third-order valence-electron chi connectivity index (χ3n) is 3.94. The smallest absolute Gasteiger partial charge is 0.317 e. The van der Waals surface area contributed by atoms with Gasteiger partial charge in [-0.05, 0) is 66.7 Å². The first-order valence-corrected chi connectivity index (χ1v) is 9.00. The normalized spacial score (nSPS) is 13.2. The van der Waals surface area contributed by atoms with Gasteiger partial charge in [-0.25, -0.2) is 0 Å². The van der Waals surface area contributed by atoms with Crippen LogP contribution in [0.4, 0.5) is 0 Å². The highest BCUT2D eigenvalue weighted by Gasteiger charge is 2.23. The van der Waals surface area contributed by atoms with Gasteiger partial charge in [0.1, 0.15) is 18.3 Å². The van der Waals surface area contributed by atoms with Crippen molar-refractivity contribution in [2.24, 2.45) is 5.92 Å². The number of ketones is 1. The molecule has 0 saturated carbocycles. The average molecular weight is 347 g/mol. The third kappa shape index (κ3) is 12.2. The SMILES string of the molecule is C=CCOC(=O)C(C/C=C(\C)CC/C=C(\C)CCC=C(C)C)C(C)=O. The minimum absolute atomic E-state index is 0.141. The van der Waals surface area contributed by atoms with Crippen LogP contribution in [0.2, 0.25) is 0 Å². The summed E-state index contributed by atoms with van der Waals surface area (Å²) < 4.78 is 4.99. The molecule has 0 heterocycles. The number of ether oxygens (including phenoxy) is 1. The molecule has 0 aromatic heterocycles. The maximum atomic E-state index is 11.9. The summed E-state index contributed by atoms with van der Waals surface area (Å²) in [6.07, 6.45) is 12.5. The second-order valence-corrected chi connectivity index (χ2v) is 6.78. The maximum absolute atomic E-state index is 11.9. The molecule has 3 heteroatoms. The molecule has 0 aromatic rings. The lowest BCUT2D eigenvalue weighted by atomic mass is 9.98. The van der Waals surface area contributed by atoms with Gasteiger partial charge in [-0.15, -0.1) is 0 Å². The molecule has 0 saturated heterocycles. The molecule has 0 aromatic carbocycles. The van der Waals surface area contributed by atoms with Crippen LogP contribution in [0.25, 0.3) is 0 Å². The maximum Gasteiger partial charge on any atom is 0.317 e. The largest absolute Gasteiger partial charge is 0.461 e. The summed E-state index contributed by atoms with van der Waals surface area (Å²) in [4.78, 5) is 23.5. The van der Waals surface area contributed by atoms with Crippen LogP contribution in [0.15, 0.2) is 47.6 Å². The first-order chi connectivity index (χ1) is 11.8. The molecule has 0 aliphatic heterocycles. The lowest BCUT2D eigenvalue weighted by Gasteiger charge is -2.11. The fourth-order valence-corrected chi connectivity index (χ4v) is 2.33. The van der Waals surface area contributed by atoms with Crippen LogP contribution < -0.4 is 0 Å². The minimum atomic E-state index is -0.712. The van der Waals surface area contributed by atoms with Gasteiger partial charge in [0.15, 0.2) is 0 Å². The van der Waals surface area contributed by atoms with Gasteiger partial charge in [-0.2, -0.15) is 0 Å². The van der Waals surface area contributed by atoms with E-state index in [9.17, 15) is 9.59 Å². The molecule has 0 radical (unpaired) electrons. The summed E-state index contributed by atoms with van der Waals surface area (Å²) in [5.41, 5.74) is 3.95. The molecule has 0 amide bonds. The highest BCUT2D eigenvalue weighted by molar-refractivity contribution is 5.97. The number of allylic oxidation sites excluding steroid dienone is 6. The Morgan fingerprint density at radius 3 is 2.00 bits per heavy atom. The number of hydrogen-bond acceptors (Lipinski definition) is 3. The molecule has 0 aliphatic rings. The lowest BCUT2D eigenvalue weighted by molar-refractivity contribution is -0.150. The molecule has 1 atom stereocenters. The van der Waals surface area contributed by atoms with Crippen LogP contribution in [0.5, 0.6) is 0 Å². The Hall–Kier alpha value is -1.90. The number of carbonyl (C=O) groups is 2. The average Bonchev–Trinajstić information content (AvgIpc) is 2.52. The second-order valence-electron chi connectivity index (χ2n) is 6.78. The van der Waals surface area contributed by atoms with Gasteiger partial charge in [0.2, 0.25) is 0 Å².